The molecule has 0 saturated heterocycles. The van der Waals surface area contributed by atoms with Crippen LogP contribution in [-0.2, 0) is 6.54 Å². The summed E-state index contributed by atoms with van der Waals surface area (Å²) in [6.07, 6.45) is 1.96. The number of aromatic nitrogens is 1. The van der Waals surface area contributed by atoms with Gasteiger partial charge in [0.2, 0.25) is 0 Å². The number of para-hydroxylation sites is 1. The molecular formula is C15H12BrClN2. The predicted molar refractivity (Wildman–Crippen MR) is 84.8 cm³/mol. The van der Waals surface area contributed by atoms with Crippen molar-refractivity contribution in [3.8, 4) is 0 Å². The summed E-state index contributed by atoms with van der Waals surface area (Å²) in [7, 11) is 0. The van der Waals surface area contributed by atoms with E-state index in [1.54, 1.807) is 0 Å². The Labute approximate surface area is 124 Å². The Hall–Kier alpha value is -1.45. The van der Waals surface area contributed by atoms with Crippen molar-refractivity contribution < 1.29 is 0 Å². The number of aromatic amines is 1. The molecule has 0 aliphatic carbocycles. The van der Waals surface area contributed by atoms with Gasteiger partial charge in [-0.2, -0.15) is 0 Å². The van der Waals surface area contributed by atoms with Crippen LogP contribution in [0.1, 0.15) is 5.56 Å². The topological polar surface area (TPSA) is 27.8 Å². The summed E-state index contributed by atoms with van der Waals surface area (Å²) < 4.78 is 0.909. The molecule has 0 atom stereocenters. The van der Waals surface area contributed by atoms with Crippen molar-refractivity contribution in [3.05, 3.63) is 63.7 Å². The monoisotopic (exact) mass is 334 g/mol. The highest BCUT2D eigenvalue weighted by atomic mass is 79.9. The summed E-state index contributed by atoms with van der Waals surface area (Å²) >= 11 is 9.47. The number of halogens is 2. The Kier molecular flexibility index (Phi) is 3.49. The highest BCUT2D eigenvalue weighted by Gasteiger charge is 2.03. The number of fused-ring (bicyclic) bond motifs is 1. The molecular weight excluding hydrogens is 324 g/mol. The third-order valence-electron chi connectivity index (χ3n) is 3.08. The average molecular weight is 336 g/mol. The molecule has 0 aliphatic rings. The number of hydrogen-bond acceptors (Lipinski definition) is 1. The van der Waals surface area contributed by atoms with Crippen LogP contribution in [-0.4, -0.2) is 4.98 Å². The Bertz CT molecular complexity index is 721. The summed E-state index contributed by atoms with van der Waals surface area (Å²) in [5, 5.41) is 5.33. The molecule has 0 saturated carbocycles. The van der Waals surface area contributed by atoms with Crippen molar-refractivity contribution in [3.63, 3.8) is 0 Å². The molecule has 2 N–H and O–H groups in total. The first-order valence-corrected chi connectivity index (χ1v) is 7.15. The van der Waals surface area contributed by atoms with Crippen molar-refractivity contribution in [2.75, 3.05) is 5.32 Å². The van der Waals surface area contributed by atoms with Crippen LogP contribution in [0.2, 0.25) is 5.02 Å². The number of rotatable bonds is 3. The molecule has 4 heteroatoms. The zero-order valence-electron chi connectivity index (χ0n) is 10.1. The molecule has 0 spiro atoms. The lowest BCUT2D eigenvalue weighted by molar-refractivity contribution is 1.16. The van der Waals surface area contributed by atoms with Gasteiger partial charge in [-0.1, -0.05) is 29.8 Å². The Balaban J connectivity index is 1.82. The van der Waals surface area contributed by atoms with E-state index in [0.29, 0.717) is 5.02 Å². The van der Waals surface area contributed by atoms with Gasteiger partial charge >= 0.3 is 0 Å². The van der Waals surface area contributed by atoms with E-state index in [2.05, 4.69) is 50.5 Å². The lowest BCUT2D eigenvalue weighted by Crippen LogP contribution is -2.00. The highest BCUT2D eigenvalue weighted by molar-refractivity contribution is 9.10. The van der Waals surface area contributed by atoms with Gasteiger partial charge in [0.15, 0.2) is 0 Å². The van der Waals surface area contributed by atoms with Gasteiger partial charge in [-0.15, -0.1) is 0 Å². The maximum absolute atomic E-state index is 6.08. The van der Waals surface area contributed by atoms with E-state index in [9.17, 15) is 0 Å². The first kappa shape index (κ1) is 12.6. The summed E-state index contributed by atoms with van der Waals surface area (Å²) in [4.78, 5) is 3.27. The van der Waals surface area contributed by atoms with E-state index in [4.69, 9.17) is 11.6 Å². The van der Waals surface area contributed by atoms with E-state index in [1.165, 1.54) is 16.5 Å². The van der Waals surface area contributed by atoms with Crippen LogP contribution >= 0.6 is 27.5 Å². The van der Waals surface area contributed by atoms with E-state index >= 15 is 0 Å². The minimum absolute atomic E-state index is 0.711. The third-order valence-corrected chi connectivity index (χ3v) is 4.31. The highest BCUT2D eigenvalue weighted by Crippen LogP contribution is 2.26. The SMILES string of the molecule is Clc1cc(NCc2cccc3cc[nH]c23)ccc1Br. The van der Waals surface area contributed by atoms with Gasteiger partial charge in [-0.3, -0.25) is 0 Å². The normalized spacial score (nSPS) is 10.8. The van der Waals surface area contributed by atoms with Crippen LogP contribution in [0.25, 0.3) is 10.9 Å². The molecule has 3 rings (SSSR count). The predicted octanol–water partition coefficient (Wildman–Crippen LogP) is 5.20. The van der Waals surface area contributed by atoms with Gasteiger partial charge < -0.3 is 10.3 Å². The molecule has 0 fully saturated rings. The van der Waals surface area contributed by atoms with E-state index in [1.807, 2.05) is 24.4 Å². The molecule has 3 aromatic rings. The zero-order chi connectivity index (χ0) is 13.2. The van der Waals surface area contributed by atoms with Gasteiger partial charge in [-0.25, -0.2) is 0 Å². The van der Waals surface area contributed by atoms with E-state index < -0.39 is 0 Å². The second-order valence-corrected chi connectivity index (χ2v) is 5.60. The van der Waals surface area contributed by atoms with Gasteiger partial charge in [0.1, 0.15) is 0 Å². The van der Waals surface area contributed by atoms with Crippen LogP contribution in [0.15, 0.2) is 53.1 Å². The molecule has 0 bridgehead atoms. The smallest absolute Gasteiger partial charge is 0.0568 e. The standard InChI is InChI=1S/C15H12BrClN2/c16-13-5-4-12(8-14(13)17)19-9-11-3-1-2-10-6-7-18-15(10)11/h1-8,18-19H,9H2. The Morgan fingerprint density at radius 3 is 2.89 bits per heavy atom. The first-order valence-electron chi connectivity index (χ1n) is 5.98. The Morgan fingerprint density at radius 1 is 1.16 bits per heavy atom. The van der Waals surface area contributed by atoms with Crippen LogP contribution < -0.4 is 5.32 Å². The fourth-order valence-electron chi connectivity index (χ4n) is 2.10. The largest absolute Gasteiger partial charge is 0.381 e. The quantitative estimate of drug-likeness (QED) is 0.677. The summed E-state index contributed by atoms with van der Waals surface area (Å²) in [5.74, 6) is 0. The van der Waals surface area contributed by atoms with Crippen LogP contribution in [0.4, 0.5) is 5.69 Å². The number of hydrogen-bond donors (Lipinski definition) is 2. The first-order chi connectivity index (χ1) is 9.24. The minimum Gasteiger partial charge on any atom is -0.381 e. The van der Waals surface area contributed by atoms with Crippen LogP contribution in [0.3, 0.4) is 0 Å². The van der Waals surface area contributed by atoms with Crippen LogP contribution in [0, 0.1) is 0 Å². The lowest BCUT2D eigenvalue weighted by atomic mass is 10.1. The molecule has 1 aromatic heterocycles. The zero-order valence-corrected chi connectivity index (χ0v) is 12.4. The average Bonchev–Trinajstić information content (AvgIpc) is 2.89. The fourth-order valence-corrected chi connectivity index (χ4v) is 2.53. The third kappa shape index (κ3) is 2.62. The second kappa shape index (κ2) is 5.27. The Morgan fingerprint density at radius 2 is 2.05 bits per heavy atom. The molecule has 0 unspecified atom stereocenters. The molecule has 96 valence electrons. The second-order valence-electron chi connectivity index (χ2n) is 4.34. The van der Waals surface area contributed by atoms with Crippen LogP contribution in [0.5, 0.6) is 0 Å². The molecule has 0 radical (unpaired) electrons. The van der Waals surface area contributed by atoms with Crippen molar-refractivity contribution in [1.82, 2.24) is 4.98 Å². The molecule has 0 amide bonds. The molecule has 19 heavy (non-hydrogen) atoms. The molecule has 0 aliphatic heterocycles. The van der Waals surface area contributed by atoms with Crippen molar-refractivity contribution in [2.45, 2.75) is 6.54 Å². The van der Waals surface area contributed by atoms with E-state index in [0.717, 1.165) is 16.7 Å². The maximum Gasteiger partial charge on any atom is 0.0568 e. The van der Waals surface area contributed by atoms with E-state index in [-0.39, 0.29) is 0 Å². The number of anilines is 1. The molecule has 2 aromatic carbocycles. The summed E-state index contributed by atoms with van der Waals surface area (Å²) in [6, 6.07) is 14.2. The minimum atomic E-state index is 0.711. The number of nitrogens with one attached hydrogen (secondary N) is 2. The van der Waals surface area contributed by atoms with Gasteiger partial charge in [-0.05, 0) is 51.1 Å². The number of H-pyrrole nitrogens is 1. The van der Waals surface area contributed by atoms with Gasteiger partial charge in [0.05, 0.1) is 10.5 Å². The van der Waals surface area contributed by atoms with Crippen molar-refractivity contribution in [2.24, 2.45) is 0 Å². The van der Waals surface area contributed by atoms with Crippen molar-refractivity contribution in [1.29, 1.82) is 0 Å². The summed E-state index contributed by atoms with van der Waals surface area (Å²) in [6.45, 7) is 0.760. The summed E-state index contributed by atoms with van der Waals surface area (Å²) in [5.41, 5.74) is 3.43. The number of benzene rings is 2. The fraction of sp³-hybridized carbons (Fsp3) is 0.0667. The van der Waals surface area contributed by atoms with Gasteiger partial charge in [0.25, 0.3) is 0 Å². The molecule has 1 heterocycles. The van der Waals surface area contributed by atoms with Crippen molar-refractivity contribution >= 4 is 44.1 Å². The lowest BCUT2D eigenvalue weighted by Gasteiger charge is -2.08. The molecule has 2 nitrogen and oxygen atoms in total. The maximum atomic E-state index is 6.08. The van der Waals surface area contributed by atoms with Gasteiger partial charge in [0, 0.05) is 22.9 Å².